The second kappa shape index (κ2) is 7.22. The molecule has 2 rings (SSSR count). The van der Waals surface area contributed by atoms with Crippen molar-refractivity contribution in [3.8, 4) is 0 Å². The van der Waals surface area contributed by atoms with Gasteiger partial charge in [-0.3, -0.25) is 9.59 Å². The molecule has 5 nitrogen and oxygen atoms in total. The molecule has 0 bridgehead atoms. The van der Waals surface area contributed by atoms with Crippen molar-refractivity contribution < 1.29 is 14.7 Å². The lowest BCUT2D eigenvalue weighted by molar-refractivity contribution is -0.138. The number of benzene rings is 1. The number of carboxylic acids is 1. The van der Waals surface area contributed by atoms with E-state index in [1.165, 1.54) is 11.1 Å². The van der Waals surface area contributed by atoms with Crippen LogP contribution in [-0.4, -0.2) is 29.6 Å². The van der Waals surface area contributed by atoms with Gasteiger partial charge < -0.3 is 15.7 Å². The van der Waals surface area contributed by atoms with E-state index in [-0.39, 0.29) is 24.3 Å². The Bertz CT molecular complexity index is 516. The third-order valence-corrected chi connectivity index (χ3v) is 4.00. The Morgan fingerprint density at radius 3 is 2.76 bits per heavy atom. The van der Waals surface area contributed by atoms with Crippen molar-refractivity contribution in [3.05, 3.63) is 35.4 Å². The molecule has 0 aromatic heterocycles. The molecule has 0 saturated heterocycles. The van der Waals surface area contributed by atoms with Crippen LogP contribution in [0, 0.1) is 5.92 Å². The van der Waals surface area contributed by atoms with Crippen LogP contribution in [0.4, 0.5) is 0 Å². The molecule has 1 aliphatic heterocycles. The van der Waals surface area contributed by atoms with Gasteiger partial charge in [-0.05, 0) is 23.5 Å². The molecule has 1 heterocycles. The Balaban J connectivity index is 1.86. The molecule has 3 N–H and O–H groups in total. The molecule has 1 unspecified atom stereocenters. The largest absolute Gasteiger partial charge is 0.481 e. The molecule has 1 aromatic carbocycles. The smallest absolute Gasteiger partial charge is 0.303 e. The van der Waals surface area contributed by atoms with E-state index in [2.05, 4.69) is 22.8 Å². The molecule has 0 saturated carbocycles. The Kier molecular flexibility index (Phi) is 5.33. The predicted molar refractivity (Wildman–Crippen MR) is 79.8 cm³/mol. The molecule has 1 aromatic rings. The maximum Gasteiger partial charge on any atom is 0.303 e. The lowest BCUT2D eigenvalue weighted by atomic mass is 9.95. The fourth-order valence-corrected chi connectivity index (χ4v) is 2.62. The van der Waals surface area contributed by atoms with Gasteiger partial charge >= 0.3 is 5.97 Å². The Hall–Kier alpha value is -1.88. The summed E-state index contributed by atoms with van der Waals surface area (Å²) in [6.45, 7) is 3.05. The molecule has 1 amide bonds. The molecule has 0 spiro atoms. The van der Waals surface area contributed by atoms with E-state index in [0.29, 0.717) is 19.5 Å². The minimum atomic E-state index is -0.819. The average molecular weight is 290 g/mol. The quantitative estimate of drug-likeness (QED) is 0.738. The highest BCUT2D eigenvalue weighted by Crippen LogP contribution is 2.16. The van der Waals surface area contributed by atoms with E-state index < -0.39 is 5.97 Å². The van der Waals surface area contributed by atoms with Crippen LogP contribution in [0.1, 0.15) is 30.9 Å². The van der Waals surface area contributed by atoms with Crippen molar-refractivity contribution >= 4 is 11.9 Å². The van der Waals surface area contributed by atoms with Gasteiger partial charge in [-0.25, -0.2) is 0 Å². The van der Waals surface area contributed by atoms with E-state index in [1.807, 2.05) is 19.1 Å². The second-order valence-corrected chi connectivity index (χ2v) is 5.52. The van der Waals surface area contributed by atoms with Gasteiger partial charge in [0.1, 0.15) is 0 Å². The fourth-order valence-electron chi connectivity index (χ4n) is 2.62. The molecular weight excluding hydrogens is 268 g/mol. The van der Waals surface area contributed by atoms with Gasteiger partial charge in [-0.2, -0.15) is 0 Å². The van der Waals surface area contributed by atoms with Crippen LogP contribution >= 0.6 is 0 Å². The summed E-state index contributed by atoms with van der Waals surface area (Å²) in [4.78, 5) is 22.9. The summed E-state index contributed by atoms with van der Waals surface area (Å²) >= 11 is 0. The van der Waals surface area contributed by atoms with Gasteiger partial charge in [0.15, 0.2) is 0 Å². The van der Waals surface area contributed by atoms with Crippen LogP contribution in [0.3, 0.4) is 0 Å². The van der Waals surface area contributed by atoms with Crippen LogP contribution in [-0.2, 0) is 22.6 Å². The summed E-state index contributed by atoms with van der Waals surface area (Å²) in [5.74, 6) is -0.878. The topological polar surface area (TPSA) is 78.4 Å². The zero-order valence-electron chi connectivity index (χ0n) is 12.3. The minimum absolute atomic E-state index is 0.0117. The normalized spacial score (nSPS) is 18.6. The number of hydrogen-bond donors (Lipinski definition) is 3. The van der Waals surface area contributed by atoms with Gasteiger partial charge in [0, 0.05) is 19.5 Å². The van der Waals surface area contributed by atoms with Gasteiger partial charge in [-0.1, -0.05) is 37.6 Å². The Labute approximate surface area is 124 Å². The van der Waals surface area contributed by atoms with E-state index >= 15 is 0 Å². The number of rotatable bonds is 6. The van der Waals surface area contributed by atoms with Crippen molar-refractivity contribution in [2.24, 2.45) is 5.92 Å². The van der Waals surface area contributed by atoms with E-state index in [4.69, 9.17) is 5.11 Å². The van der Waals surface area contributed by atoms with Crippen LogP contribution < -0.4 is 10.6 Å². The highest BCUT2D eigenvalue weighted by Gasteiger charge is 2.24. The maximum atomic E-state index is 12.2. The minimum Gasteiger partial charge on any atom is -0.481 e. The van der Waals surface area contributed by atoms with Crippen molar-refractivity contribution in [1.82, 2.24) is 10.6 Å². The summed E-state index contributed by atoms with van der Waals surface area (Å²) in [7, 11) is 0. The fraction of sp³-hybridized carbons (Fsp3) is 0.500. The third kappa shape index (κ3) is 4.29. The first-order valence-electron chi connectivity index (χ1n) is 7.39. The highest BCUT2D eigenvalue weighted by molar-refractivity contribution is 5.82. The van der Waals surface area contributed by atoms with Crippen LogP contribution in [0.15, 0.2) is 24.3 Å². The van der Waals surface area contributed by atoms with Crippen LogP contribution in [0.2, 0.25) is 0 Å². The molecule has 5 heteroatoms. The van der Waals surface area contributed by atoms with E-state index in [0.717, 1.165) is 6.42 Å². The number of hydrogen-bond acceptors (Lipinski definition) is 3. The first-order valence-corrected chi connectivity index (χ1v) is 7.39. The molecule has 21 heavy (non-hydrogen) atoms. The zero-order chi connectivity index (χ0) is 15.2. The van der Waals surface area contributed by atoms with Gasteiger partial charge in [0.05, 0.1) is 6.04 Å². The van der Waals surface area contributed by atoms with Gasteiger partial charge in [-0.15, -0.1) is 0 Å². The first-order chi connectivity index (χ1) is 10.1. The molecule has 0 fully saturated rings. The highest BCUT2D eigenvalue weighted by atomic mass is 16.4. The van der Waals surface area contributed by atoms with Gasteiger partial charge in [0.25, 0.3) is 0 Å². The lowest BCUT2D eigenvalue weighted by Crippen LogP contribution is -2.48. The molecule has 2 atom stereocenters. The molecule has 0 aliphatic carbocycles. The van der Waals surface area contributed by atoms with Crippen molar-refractivity contribution in [3.63, 3.8) is 0 Å². The zero-order valence-corrected chi connectivity index (χ0v) is 12.3. The SMILES string of the molecule is CCC(CNC(=O)[C@H]1Cc2ccccc2CN1)CC(=O)O. The molecular formula is C16H22N2O3. The van der Waals surface area contributed by atoms with Gasteiger partial charge in [0.2, 0.25) is 5.91 Å². The number of carboxylic acid groups (broad SMARTS) is 1. The Morgan fingerprint density at radius 1 is 1.38 bits per heavy atom. The van der Waals surface area contributed by atoms with E-state index in [9.17, 15) is 9.59 Å². The summed E-state index contributed by atoms with van der Waals surface area (Å²) in [6.07, 6.45) is 1.52. The molecule has 1 aliphatic rings. The number of nitrogens with one attached hydrogen (secondary N) is 2. The summed E-state index contributed by atoms with van der Waals surface area (Å²) in [5.41, 5.74) is 2.44. The standard InChI is InChI=1S/C16H22N2O3/c1-2-11(7-15(19)20)9-18-16(21)14-8-12-5-3-4-6-13(12)10-17-14/h3-6,11,14,17H,2,7-10H2,1H3,(H,18,21)(H,19,20)/t11?,14-/m1/s1. The predicted octanol–water partition coefficient (Wildman–Crippen LogP) is 1.32. The second-order valence-electron chi connectivity index (χ2n) is 5.52. The Morgan fingerprint density at radius 2 is 2.10 bits per heavy atom. The number of aliphatic carboxylic acids is 1. The maximum absolute atomic E-state index is 12.2. The first kappa shape index (κ1) is 15.5. The van der Waals surface area contributed by atoms with Crippen molar-refractivity contribution in [2.45, 2.75) is 38.8 Å². The van der Waals surface area contributed by atoms with E-state index in [1.54, 1.807) is 0 Å². The monoisotopic (exact) mass is 290 g/mol. The molecule has 114 valence electrons. The van der Waals surface area contributed by atoms with Crippen LogP contribution in [0.5, 0.6) is 0 Å². The third-order valence-electron chi connectivity index (χ3n) is 4.00. The number of fused-ring (bicyclic) bond motifs is 1. The lowest BCUT2D eigenvalue weighted by Gasteiger charge is -2.26. The summed E-state index contributed by atoms with van der Waals surface area (Å²) < 4.78 is 0. The number of carbonyl (C=O) groups is 2. The number of amides is 1. The number of carbonyl (C=O) groups excluding carboxylic acids is 1. The average Bonchev–Trinajstić information content (AvgIpc) is 2.50. The van der Waals surface area contributed by atoms with Crippen molar-refractivity contribution in [1.29, 1.82) is 0 Å². The van der Waals surface area contributed by atoms with Crippen molar-refractivity contribution in [2.75, 3.05) is 6.54 Å². The molecule has 0 radical (unpaired) electrons. The summed E-state index contributed by atoms with van der Waals surface area (Å²) in [6, 6.07) is 7.87. The summed E-state index contributed by atoms with van der Waals surface area (Å²) in [5, 5.41) is 14.9. The van der Waals surface area contributed by atoms with Crippen LogP contribution in [0.25, 0.3) is 0 Å².